The summed E-state index contributed by atoms with van der Waals surface area (Å²) in [6.07, 6.45) is 0.303. The number of amides is 3. The summed E-state index contributed by atoms with van der Waals surface area (Å²) in [5.74, 6) is -1.56. The van der Waals surface area contributed by atoms with Gasteiger partial charge in [0.15, 0.2) is 9.84 Å². The fraction of sp³-hybridized carbons (Fsp3) is 0.217. The predicted molar refractivity (Wildman–Crippen MR) is 140 cm³/mol. The maximum atomic E-state index is 13.5. The van der Waals surface area contributed by atoms with E-state index in [-0.39, 0.29) is 32.8 Å². The number of hydrogen-bond donors (Lipinski definition) is 1. The highest BCUT2D eigenvalue weighted by Gasteiger charge is 2.46. The van der Waals surface area contributed by atoms with Gasteiger partial charge in [-0.15, -0.1) is 0 Å². The van der Waals surface area contributed by atoms with Crippen LogP contribution in [-0.4, -0.2) is 59.5 Å². The molecule has 0 aromatic heterocycles. The molecule has 0 unspecified atom stereocenters. The summed E-state index contributed by atoms with van der Waals surface area (Å²) in [7, 11) is -3.23. The molecule has 3 aliphatic heterocycles. The number of fused-ring (bicyclic) bond motifs is 1. The minimum atomic E-state index is -3.23. The lowest BCUT2D eigenvalue weighted by molar-refractivity contribution is -0.123. The van der Waals surface area contributed by atoms with Crippen LogP contribution in [0.5, 0.6) is 0 Å². The van der Waals surface area contributed by atoms with Crippen LogP contribution in [0.2, 0.25) is 5.02 Å². The Morgan fingerprint density at radius 1 is 1.14 bits per heavy atom. The molecule has 2 aromatic carbocycles. The molecule has 12 heteroatoms. The molecule has 0 saturated carbocycles. The van der Waals surface area contributed by atoms with Crippen LogP contribution in [0.25, 0.3) is 5.57 Å². The highest BCUT2D eigenvalue weighted by Crippen LogP contribution is 2.45. The molecule has 0 spiro atoms. The number of benzene rings is 2. The first-order chi connectivity index (χ1) is 16.6. The third-order valence-corrected chi connectivity index (χ3v) is 9.32. The minimum Gasteiger partial charge on any atom is -0.324 e. The van der Waals surface area contributed by atoms with Crippen molar-refractivity contribution in [3.8, 4) is 0 Å². The number of carbonyl (C=O) groups is 3. The molecule has 2 saturated heterocycles. The van der Waals surface area contributed by atoms with Crippen molar-refractivity contribution in [1.82, 2.24) is 4.90 Å². The van der Waals surface area contributed by atoms with E-state index >= 15 is 0 Å². The molecular weight excluding hydrogens is 530 g/mol. The van der Waals surface area contributed by atoms with Gasteiger partial charge in [-0.1, -0.05) is 59.8 Å². The van der Waals surface area contributed by atoms with Crippen molar-refractivity contribution < 1.29 is 22.8 Å². The largest absolute Gasteiger partial charge is 0.324 e. The first-order valence-electron chi connectivity index (χ1n) is 10.6. The van der Waals surface area contributed by atoms with Gasteiger partial charge in [-0.2, -0.15) is 0 Å². The Hall–Kier alpha value is -2.73. The number of thiocarbonyl (C=S) groups is 1. The quantitative estimate of drug-likeness (QED) is 0.463. The number of nitrogens with one attached hydrogen (secondary N) is 1. The van der Waals surface area contributed by atoms with Crippen LogP contribution in [-0.2, 0) is 24.2 Å². The summed E-state index contributed by atoms with van der Waals surface area (Å²) in [6.45, 7) is -0.271. The molecule has 2 fully saturated rings. The van der Waals surface area contributed by atoms with Gasteiger partial charge >= 0.3 is 0 Å². The fourth-order valence-electron chi connectivity index (χ4n) is 4.39. The highest BCUT2D eigenvalue weighted by molar-refractivity contribution is 8.26. The van der Waals surface area contributed by atoms with Gasteiger partial charge in [-0.05, 0) is 30.7 Å². The summed E-state index contributed by atoms with van der Waals surface area (Å²) in [4.78, 5) is 42.4. The number of para-hydroxylation sites is 1. The monoisotopic (exact) mass is 547 g/mol. The molecule has 180 valence electrons. The number of nitrogens with zero attached hydrogens (tertiary/aromatic N) is 2. The van der Waals surface area contributed by atoms with Gasteiger partial charge in [0.2, 0.25) is 5.91 Å². The molecule has 1 atom stereocenters. The minimum absolute atomic E-state index is 0.00207. The Bertz CT molecular complexity index is 1440. The van der Waals surface area contributed by atoms with E-state index in [1.165, 1.54) is 9.80 Å². The van der Waals surface area contributed by atoms with E-state index < -0.39 is 33.6 Å². The van der Waals surface area contributed by atoms with Gasteiger partial charge in [0.25, 0.3) is 11.8 Å². The second kappa shape index (κ2) is 9.05. The summed E-state index contributed by atoms with van der Waals surface area (Å²) >= 11 is 12.4. The van der Waals surface area contributed by atoms with Crippen LogP contribution >= 0.6 is 35.6 Å². The lowest BCUT2D eigenvalue weighted by Gasteiger charge is -2.21. The van der Waals surface area contributed by atoms with Crippen molar-refractivity contribution in [2.45, 2.75) is 12.5 Å². The lowest BCUT2D eigenvalue weighted by Crippen LogP contribution is -2.39. The number of halogens is 1. The first-order valence-corrected chi connectivity index (χ1v) is 14.0. The molecule has 1 N–H and O–H groups in total. The van der Waals surface area contributed by atoms with E-state index in [1.54, 1.807) is 48.5 Å². The summed E-state index contributed by atoms with van der Waals surface area (Å²) in [5, 5.41) is 3.18. The van der Waals surface area contributed by atoms with Crippen LogP contribution in [0.3, 0.4) is 0 Å². The van der Waals surface area contributed by atoms with Crippen molar-refractivity contribution in [2.24, 2.45) is 0 Å². The number of sulfone groups is 1. The van der Waals surface area contributed by atoms with Crippen molar-refractivity contribution in [3.63, 3.8) is 0 Å². The first kappa shape index (κ1) is 24.0. The van der Waals surface area contributed by atoms with Crippen LogP contribution in [0, 0.1) is 0 Å². The smallest absolute Gasteiger partial charge is 0.267 e. The topological polar surface area (TPSA) is 104 Å². The van der Waals surface area contributed by atoms with Gasteiger partial charge in [0.1, 0.15) is 10.9 Å². The van der Waals surface area contributed by atoms with Gasteiger partial charge in [0.05, 0.1) is 33.7 Å². The third kappa shape index (κ3) is 4.49. The van der Waals surface area contributed by atoms with E-state index in [9.17, 15) is 22.8 Å². The zero-order chi connectivity index (χ0) is 24.9. The highest BCUT2D eigenvalue weighted by atomic mass is 35.5. The Balaban J connectivity index is 1.45. The van der Waals surface area contributed by atoms with E-state index in [4.69, 9.17) is 23.8 Å². The Morgan fingerprint density at radius 2 is 1.91 bits per heavy atom. The molecule has 2 aromatic rings. The molecule has 5 rings (SSSR count). The standard InChI is InChI=1S/C23H18ClN3O5S3/c24-13-4-3-5-14(10-13)25-18(28)11-26-17-7-2-1-6-16(17)19(21(26)29)20-22(30)27(23(33)34-20)15-8-9-35(31,32)12-15/h1-7,10,15H,8-9,11-12H2,(H,25,28)/b20-19-/t15-/m0/s1. The van der Waals surface area contributed by atoms with Crippen molar-refractivity contribution in [3.05, 3.63) is 64.0 Å². The maximum absolute atomic E-state index is 13.5. The van der Waals surface area contributed by atoms with E-state index in [1.807, 2.05) is 0 Å². The summed E-state index contributed by atoms with van der Waals surface area (Å²) < 4.78 is 24.1. The average molecular weight is 548 g/mol. The number of carbonyl (C=O) groups excluding carboxylic acids is 3. The van der Waals surface area contributed by atoms with E-state index in [0.29, 0.717) is 28.4 Å². The molecule has 8 nitrogen and oxygen atoms in total. The summed E-state index contributed by atoms with van der Waals surface area (Å²) in [5.41, 5.74) is 1.68. The van der Waals surface area contributed by atoms with Crippen molar-refractivity contribution in [1.29, 1.82) is 0 Å². The molecule has 35 heavy (non-hydrogen) atoms. The number of anilines is 2. The van der Waals surface area contributed by atoms with E-state index in [2.05, 4.69) is 5.32 Å². The van der Waals surface area contributed by atoms with Gasteiger partial charge < -0.3 is 5.32 Å². The van der Waals surface area contributed by atoms with Crippen LogP contribution in [0.1, 0.15) is 12.0 Å². The number of hydrogen-bond acceptors (Lipinski definition) is 7. The lowest BCUT2D eigenvalue weighted by atomic mass is 10.1. The molecular formula is C23H18ClN3O5S3. The SMILES string of the molecule is O=C(CN1C(=O)/C(=C2\SC(=S)N([C@H]3CCS(=O)(=O)C3)C2=O)c2ccccc21)Nc1cccc(Cl)c1. The summed E-state index contributed by atoms with van der Waals surface area (Å²) in [6, 6.07) is 13.0. The molecule has 3 aliphatic rings. The Morgan fingerprint density at radius 3 is 2.63 bits per heavy atom. The third-order valence-electron chi connectivity index (χ3n) is 5.93. The normalized spacial score (nSPS) is 23.2. The van der Waals surface area contributed by atoms with Gasteiger partial charge in [-0.3, -0.25) is 24.2 Å². The molecule has 0 bridgehead atoms. The Labute approximate surface area is 216 Å². The molecule has 0 radical (unpaired) electrons. The van der Waals surface area contributed by atoms with Crippen LogP contribution in [0.4, 0.5) is 11.4 Å². The number of rotatable bonds is 4. The van der Waals surface area contributed by atoms with Crippen molar-refractivity contribution in [2.75, 3.05) is 28.3 Å². The van der Waals surface area contributed by atoms with Gasteiger partial charge in [-0.25, -0.2) is 8.42 Å². The van der Waals surface area contributed by atoms with Crippen LogP contribution < -0.4 is 10.2 Å². The predicted octanol–water partition coefficient (Wildman–Crippen LogP) is 3.08. The van der Waals surface area contributed by atoms with Crippen LogP contribution in [0.15, 0.2) is 53.4 Å². The fourth-order valence-corrected chi connectivity index (χ4v) is 7.75. The van der Waals surface area contributed by atoms with E-state index in [0.717, 1.165) is 11.8 Å². The second-order valence-corrected chi connectivity index (χ2v) is 12.6. The maximum Gasteiger partial charge on any atom is 0.267 e. The molecule has 3 amide bonds. The zero-order valence-electron chi connectivity index (χ0n) is 18.1. The Kier molecular flexibility index (Phi) is 6.20. The van der Waals surface area contributed by atoms with Crippen molar-refractivity contribution >= 4 is 84.4 Å². The zero-order valence-corrected chi connectivity index (χ0v) is 21.3. The molecule has 0 aliphatic carbocycles. The average Bonchev–Trinajstić information content (AvgIpc) is 3.39. The second-order valence-electron chi connectivity index (χ2n) is 8.27. The number of thioether (sulfide) groups is 1. The van der Waals surface area contributed by atoms with Gasteiger partial charge in [0, 0.05) is 16.3 Å². The molecule has 3 heterocycles.